The number of rotatable bonds is 3. The van der Waals surface area contributed by atoms with Gasteiger partial charge < -0.3 is 20.1 Å². The van der Waals surface area contributed by atoms with Crippen LogP contribution >= 0.6 is 0 Å². The van der Waals surface area contributed by atoms with Crippen LogP contribution in [0.2, 0.25) is 0 Å². The number of nitrogens with zero attached hydrogens (tertiary/aromatic N) is 1. The molecule has 31 heavy (non-hydrogen) atoms. The number of ether oxygens (including phenoxy) is 2. The molecule has 1 saturated heterocycles. The molecule has 6 heteroatoms. The van der Waals surface area contributed by atoms with Gasteiger partial charge >= 0.3 is 0 Å². The summed E-state index contributed by atoms with van der Waals surface area (Å²) in [7, 11) is 0. The molecule has 0 bridgehead atoms. The number of hydrogen-bond donors (Lipinski definition) is 1. The topological polar surface area (TPSA) is 64.8 Å². The van der Waals surface area contributed by atoms with Crippen LogP contribution in [0.5, 0.6) is 0 Å². The average Bonchev–Trinajstić information content (AvgIpc) is 2.73. The standard InChI is InChI=1S/C25H31FN2O3/c1-25(2,3)31-22-15-30-21(14-20(22)27)24(29)28-13-12-16-6-4-5-7-19(16)23(28)17-8-10-18(26)11-9-17/h4-11,20-23H,12-15,27H2,1-3H3/t20-,21+,22-,23-/m0/s1. The fourth-order valence-corrected chi connectivity index (χ4v) is 4.54. The molecule has 1 amide bonds. The zero-order valence-corrected chi connectivity index (χ0v) is 18.4. The second-order valence-electron chi connectivity index (χ2n) is 9.42. The first-order chi connectivity index (χ1) is 14.7. The Morgan fingerprint density at radius 2 is 1.87 bits per heavy atom. The predicted molar refractivity (Wildman–Crippen MR) is 117 cm³/mol. The zero-order chi connectivity index (χ0) is 22.2. The number of amides is 1. The smallest absolute Gasteiger partial charge is 0.252 e. The van der Waals surface area contributed by atoms with E-state index in [0.717, 1.165) is 17.5 Å². The number of fused-ring (bicyclic) bond motifs is 1. The van der Waals surface area contributed by atoms with Gasteiger partial charge in [0.25, 0.3) is 5.91 Å². The van der Waals surface area contributed by atoms with Crippen LogP contribution in [0, 0.1) is 5.82 Å². The Morgan fingerprint density at radius 3 is 2.55 bits per heavy atom. The molecule has 4 rings (SSSR count). The van der Waals surface area contributed by atoms with Gasteiger partial charge in [-0.15, -0.1) is 0 Å². The number of nitrogens with two attached hydrogens (primary N) is 1. The predicted octanol–water partition coefficient (Wildman–Crippen LogP) is 3.60. The average molecular weight is 427 g/mol. The molecule has 2 aromatic rings. The van der Waals surface area contributed by atoms with Crippen LogP contribution in [0.1, 0.15) is 49.9 Å². The van der Waals surface area contributed by atoms with Gasteiger partial charge in [-0.2, -0.15) is 0 Å². The number of carbonyl (C=O) groups is 1. The van der Waals surface area contributed by atoms with Crippen molar-refractivity contribution in [2.24, 2.45) is 5.73 Å². The highest BCUT2D eigenvalue weighted by molar-refractivity contribution is 5.82. The van der Waals surface area contributed by atoms with E-state index in [-0.39, 0.29) is 35.5 Å². The summed E-state index contributed by atoms with van der Waals surface area (Å²) >= 11 is 0. The van der Waals surface area contributed by atoms with Gasteiger partial charge in [-0.3, -0.25) is 4.79 Å². The van der Waals surface area contributed by atoms with Gasteiger partial charge in [0.1, 0.15) is 11.9 Å². The number of carbonyl (C=O) groups excluding carboxylic acids is 1. The van der Waals surface area contributed by atoms with Crippen molar-refractivity contribution >= 4 is 5.91 Å². The van der Waals surface area contributed by atoms with E-state index in [0.29, 0.717) is 19.6 Å². The summed E-state index contributed by atoms with van der Waals surface area (Å²) in [6.45, 7) is 6.82. The largest absolute Gasteiger partial charge is 0.369 e. The second-order valence-corrected chi connectivity index (χ2v) is 9.42. The minimum absolute atomic E-state index is 0.0755. The fourth-order valence-electron chi connectivity index (χ4n) is 4.54. The van der Waals surface area contributed by atoms with E-state index in [9.17, 15) is 9.18 Å². The van der Waals surface area contributed by atoms with Crippen molar-refractivity contribution in [3.8, 4) is 0 Å². The molecule has 2 N–H and O–H groups in total. The Balaban J connectivity index is 1.57. The van der Waals surface area contributed by atoms with Gasteiger partial charge in [-0.1, -0.05) is 36.4 Å². The minimum atomic E-state index is -0.608. The van der Waals surface area contributed by atoms with E-state index in [1.165, 1.54) is 17.7 Å². The van der Waals surface area contributed by atoms with E-state index in [1.54, 1.807) is 12.1 Å². The maximum atomic E-state index is 13.6. The molecule has 0 radical (unpaired) electrons. The van der Waals surface area contributed by atoms with Gasteiger partial charge in [0.15, 0.2) is 0 Å². The van der Waals surface area contributed by atoms with Gasteiger partial charge in [-0.05, 0) is 56.0 Å². The lowest BCUT2D eigenvalue weighted by Gasteiger charge is -2.42. The summed E-state index contributed by atoms with van der Waals surface area (Å²) in [4.78, 5) is 15.4. The number of halogens is 1. The molecule has 0 saturated carbocycles. The summed E-state index contributed by atoms with van der Waals surface area (Å²) in [5.41, 5.74) is 9.21. The molecular formula is C25H31FN2O3. The van der Waals surface area contributed by atoms with Crippen LogP contribution in [0.15, 0.2) is 48.5 Å². The fraction of sp³-hybridized carbons (Fsp3) is 0.480. The monoisotopic (exact) mass is 426 g/mol. The van der Waals surface area contributed by atoms with Crippen molar-refractivity contribution < 1.29 is 18.7 Å². The Hall–Kier alpha value is -2.28. The first kappa shape index (κ1) is 21.9. The lowest BCUT2D eigenvalue weighted by atomic mass is 9.87. The number of benzene rings is 2. The van der Waals surface area contributed by atoms with Crippen LogP contribution in [0.4, 0.5) is 4.39 Å². The quantitative estimate of drug-likeness (QED) is 0.815. The third kappa shape index (κ3) is 4.81. The van der Waals surface area contributed by atoms with Crippen molar-refractivity contribution in [2.45, 2.75) is 63.5 Å². The van der Waals surface area contributed by atoms with E-state index < -0.39 is 6.10 Å². The Labute approximate surface area is 183 Å². The molecular weight excluding hydrogens is 395 g/mol. The third-order valence-corrected chi connectivity index (χ3v) is 5.96. The molecule has 2 aliphatic rings. The first-order valence-corrected chi connectivity index (χ1v) is 10.9. The minimum Gasteiger partial charge on any atom is -0.369 e. The summed E-state index contributed by atoms with van der Waals surface area (Å²) in [6.07, 6.45) is 0.337. The van der Waals surface area contributed by atoms with Crippen LogP contribution in [0.3, 0.4) is 0 Å². The molecule has 0 unspecified atom stereocenters. The Bertz CT molecular complexity index is 925. The van der Waals surface area contributed by atoms with Gasteiger partial charge in [0, 0.05) is 19.0 Å². The summed E-state index contributed by atoms with van der Waals surface area (Å²) in [5, 5.41) is 0. The SMILES string of the molecule is CC(C)(C)O[C@H]1CO[C@@H](C(=O)N2CCc3ccccc3[C@@H]2c2ccc(F)cc2)C[C@@H]1N. The van der Waals surface area contributed by atoms with E-state index >= 15 is 0 Å². The maximum absolute atomic E-state index is 13.6. The molecule has 1 fully saturated rings. The van der Waals surface area contributed by atoms with Crippen molar-refractivity contribution in [2.75, 3.05) is 13.2 Å². The third-order valence-electron chi connectivity index (χ3n) is 5.96. The maximum Gasteiger partial charge on any atom is 0.252 e. The molecule has 2 aromatic carbocycles. The molecule has 2 heterocycles. The van der Waals surface area contributed by atoms with Crippen LogP contribution in [-0.2, 0) is 20.7 Å². The normalized spacial score (nSPS) is 26.4. The summed E-state index contributed by atoms with van der Waals surface area (Å²) in [6, 6.07) is 14.0. The first-order valence-electron chi connectivity index (χ1n) is 10.9. The van der Waals surface area contributed by atoms with Crippen LogP contribution < -0.4 is 5.73 Å². The van der Waals surface area contributed by atoms with Crippen molar-refractivity contribution in [3.63, 3.8) is 0 Å². The van der Waals surface area contributed by atoms with E-state index in [2.05, 4.69) is 6.07 Å². The molecule has 0 spiro atoms. The van der Waals surface area contributed by atoms with Crippen LogP contribution in [0.25, 0.3) is 0 Å². The summed E-state index contributed by atoms with van der Waals surface area (Å²) < 4.78 is 25.5. The molecule has 4 atom stereocenters. The molecule has 166 valence electrons. The lowest BCUT2D eigenvalue weighted by molar-refractivity contribution is -0.167. The van der Waals surface area contributed by atoms with Crippen LogP contribution in [-0.4, -0.2) is 47.8 Å². The highest BCUT2D eigenvalue weighted by atomic mass is 19.1. The molecule has 2 aliphatic heterocycles. The van der Waals surface area contributed by atoms with Gasteiger partial charge in [-0.25, -0.2) is 4.39 Å². The Kier molecular flexibility index (Phi) is 6.15. The Morgan fingerprint density at radius 1 is 1.16 bits per heavy atom. The highest BCUT2D eigenvalue weighted by Gasteiger charge is 2.40. The lowest BCUT2D eigenvalue weighted by Crippen LogP contribution is -2.55. The zero-order valence-electron chi connectivity index (χ0n) is 18.4. The molecule has 0 aliphatic carbocycles. The van der Waals surface area contributed by atoms with Gasteiger partial charge in [0.2, 0.25) is 0 Å². The second kappa shape index (κ2) is 8.69. The van der Waals surface area contributed by atoms with Gasteiger partial charge in [0.05, 0.1) is 24.4 Å². The van der Waals surface area contributed by atoms with Crippen molar-refractivity contribution in [1.29, 1.82) is 0 Å². The molecule has 0 aromatic heterocycles. The van der Waals surface area contributed by atoms with E-state index in [1.807, 2.05) is 43.9 Å². The highest BCUT2D eigenvalue weighted by Crippen LogP contribution is 2.36. The number of hydrogen-bond acceptors (Lipinski definition) is 4. The van der Waals surface area contributed by atoms with Crippen molar-refractivity contribution in [1.82, 2.24) is 4.90 Å². The van der Waals surface area contributed by atoms with Crippen molar-refractivity contribution in [3.05, 3.63) is 71.0 Å². The summed E-state index contributed by atoms with van der Waals surface area (Å²) in [5.74, 6) is -0.370. The van der Waals surface area contributed by atoms with E-state index in [4.69, 9.17) is 15.2 Å². The molecule has 5 nitrogen and oxygen atoms in total.